The van der Waals surface area contributed by atoms with Gasteiger partial charge in [-0.05, 0) is 19.1 Å². The fourth-order valence-corrected chi connectivity index (χ4v) is 3.22. The van der Waals surface area contributed by atoms with Gasteiger partial charge in [-0.1, -0.05) is 12.1 Å². The maximum atomic E-state index is 11.9. The van der Waals surface area contributed by atoms with E-state index in [0.29, 0.717) is 11.4 Å². The number of amidine groups is 1. The van der Waals surface area contributed by atoms with Crippen LogP contribution in [0.25, 0.3) is 0 Å². The molecule has 1 aliphatic heterocycles. The quantitative estimate of drug-likeness (QED) is 0.868. The van der Waals surface area contributed by atoms with E-state index in [-0.39, 0.29) is 16.7 Å². The number of rotatable bonds is 3. The standard InChI is InChI=1S/C11H12Cl2N2O2S/c1-11(6-12,7-13)14-10-8-4-2-3-5-9(8)18(16,17)15-10/h2-5H,6-7H2,1H3,(H,14,15). The lowest BCUT2D eigenvalue weighted by Crippen LogP contribution is -2.32. The fraction of sp³-hybridized carbons (Fsp3) is 0.364. The summed E-state index contributed by atoms with van der Waals surface area (Å²) in [4.78, 5) is 4.58. The van der Waals surface area contributed by atoms with Crippen molar-refractivity contribution in [3.8, 4) is 0 Å². The maximum Gasteiger partial charge on any atom is 0.263 e. The molecule has 4 nitrogen and oxygen atoms in total. The number of halogens is 2. The smallest absolute Gasteiger partial charge is 0.263 e. The number of nitrogens with zero attached hydrogens (tertiary/aromatic N) is 1. The van der Waals surface area contributed by atoms with E-state index in [1.54, 1.807) is 31.2 Å². The van der Waals surface area contributed by atoms with Crippen molar-refractivity contribution in [3.05, 3.63) is 29.8 Å². The lowest BCUT2D eigenvalue weighted by Gasteiger charge is -2.19. The van der Waals surface area contributed by atoms with E-state index in [4.69, 9.17) is 23.2 Å². The van der Waals surface area contributed by atoms with Crippen LogP contribution >= 0.6 is 23.2 Å². The van der Waals surface area contributed by atoms with Gasteiger partial charge in [-0.15, -0.1) is 23.2 Å². The Hall–Kier alpha value is -0.780. The summed E-state index contributed by atoms with van der Waals surface area (Å²) in [5, 5.41) is 0. The summed E-state index contributed by atoms with van der Waals surface area (Å²) < 4.78 is 26.2. The first-order valence-electron chi connectivity index (χ1n) is 5.26. The molecule has 0 spiro atoms. The second-order valence-corrected chi connectivity index (χ2v) is 6.51. The van der Waals surface area contributed by atoms with Crippen LogP contribution in [0.4, 0.5) is 0 Å². The van der Waals surface area contributed by atoms with Crippen LogP contribution in [0.2, 0.25) is 0 Å². The first-order valence-corrected chi connectivity index (χ1v) is 7.81. The molecule has 1 heterocycles. The van der Waals surface area contributed by atoms with Crippen LogP contribution in [0.5, 0.6) is 0 Å². The molecule has 0 radical (unpaired) electrons. The van der Waals surface area contributed by atoms with Gasteiger partial charge in [0, 0.05) is 17.3 Å². The molecule has 1 N–H and O–H groups in total. The van der Waals surface area contributed by atoms with Gasteiger partial charge in [-0.25, -0.2) is 8.42 Å². The molecule has 98 valence electrons. The molecule has 1 aromatic rings. The molecule has 1 aromatic carbocycles. The summed E-state index contributed by atoms with van der Waals surface area (Å²) in [6.07, 6.45) is 0. The van der Waals surface area contributed by atoms with E-state index in [1.165, 1.54) is 0 Å². The molecule has 0 saturated carbocycles. The third-order valence-corrected chi connectivity index (χ3v) is 5.17. The van der Waals surface area contributed by atoms with Crippen molar-refractivity contribution in [1.29, 1.82) is 0 Å². The van der Waals surface area contributed by atoms with Crippen LogP contribution in [-0.2, 0) is 10.0 Å². The van der Waals surface area contributed by atoms with Crippen LogP contribution in [0.15, 0.2) is 34.2 Å². The SMILES string of the molecule is CC(CCl)(CCl)N=C1NS(=O)(=O)c2ccccc21. The van der Waals surface area contributed by atoms with E-state index in [2.05, 4.69) is 9.71 Å². The van der Waals surface area contributed by atoms with Gasteiger partial charge < -0.3 is 0 Å². The Balaban J connectivity index is 2.55. The Morgan fingerprint density at radius 1 is 1.28 bits per heavy atom. The highest BCUT2D eigenvalue weighted by Gasteiger charge is 2.32. The molecule has 0 bridgehead atoms. The molecule has 18 heavy (non-hydrogen) atoms. The third kappa shape index (κ3) is 2.35. The molecule has 0 unspecified atom stereocenters. The minimum atomic E-state index is -3.51. The van der Waals surface area contributed by atoms with Gasteiger partial charge in [0.2, 0.25) is 0 Å². The first kappa shape index (κ1) is 13.6. The van der Waals surface area contributed by atoms with E-state index in [9.17, 15) is 8.42 Å². The van der Waals surface area contributed by atoms with Gasteiger partial charge in [-0.2, -0.15) is 0 Å². The van der Waals surface area contributed by atoms with E-state index in [0.717, 1.165) is 0 Å². The topological polar surface area (TPSA) is 58.5 Å². The molecule has 0 aliphatic carbocycles. The van der Waals surface area contributed by atoms with Crippen molar-refractivity contribution in [2.75, 3.05) is 11.8 Å². The summed E-state index contributed by atoms with van der Waals surface area (Å²) in [6.45, 7) is 1.77. The Morgan fingerprint density at radius 2 is 1.89 bits per heavy atom. The zero-order valence-corrected chi connectivity index (χ0v) is 12.0. The highest BCUT2D eigenvalue weighted by atomic mass is 35.5. The second-order valence-electron chi connectivity index (χ2n) is 4.33. The number of benzene rings is 1. The van der Waals surface area contributed by atoms with Gasteiger partial charge >= 0.3 is 0 Å². The number of alkyl halides is 2. The highest BCUT2D eigenvalue weighted by Crippen LogP contribution is 2.25. The molecular weight excluding hydrogens is 295 g/mol. The number of sulfonamides is 1. The molecule has 2 rings (SSSR count). The van der Waals surface area contributed by atoms with Crippen LogP contribution in [0, 0.1) is 0 Å². The third-order valence-electron chi connectivity index (χ3n) is 2.62. The molecule has 0 amide bonds. The van der Waals surface area contributed by atoms with Crippen molar-refractivity contribution in [1.82, 2.24) is 4.72 Å². The van der Waals surface area contributed by atoms with Crippen molar-refractivity contribution < 1.29 is 8.42 Å². The van der Waals surface area contributed by atoms with Gasteiger partial charge in [0.05, 0.1) is 10.4 Å². The maximum absolute atomic E-state index is 11.9. The fourth-order valence-electron chi connectivity index (χ4n) is 1.58. The van der Waals surface area contributed by atoms with Gasteiger partial charge in [0.25, 0.3) is 10.0 Å². The Kier molecular flexibility index (Phi) is 3.58. The normalized spacial score (nSPS) is 19.6. The molecule has 0 fully saturated rings. The van der Waals surface area contributed by atoms with Crippen molar-refractivity contribution in [2.45, 2.75) is 17.4 Å². The number of nitrogens with one attached hydrogen (secondary N) is 1. The number of aliphatic imine (C=N–C) groups is 1. The van der Waals surface area contributed by atoms with E-state index >= 15 is 0 Å². The summed E-state index contributed by atoms with van der Waals surface area (Å²) in [6, 6.07) is 6.67. The Labute approximate surface area is 116 Å². The van der Waals surface area contributed by atoms with E-state index in [1.807, 2.05) is 0 Å². The van der Waals surface area contributed by atoms with Gasteiger partial charge in [0.15, 0.2) is 0 Å². The van der Waals surface area contributed by atoms with E-state index < -0.39 is 15.6 Å². The highest BCUT2D eigenvalue weighted by molar-refractivity contribution is 7.90. The van der Waals surface area contributed by atoms with Crippen LogP contribution in [0.1, 0.15) is 12.5 Å². The summed E-state index contributed by atoms with van der Waals surface area (Å²) >= 11 is 11.6. The zero-order chi connectivity index (χ0) is 13.4. The zero-order valence-electron chi connectivity index (χ0n) is 9.65. The molecule has 7 heteroatoms. The number of hydrogen-bond donors (Lipinski definition) is 1. The van der Waals surface area contributed by atoms with Crippen molar-refractivity contribution in [3.63, 3.8) is 0 Å². The average molecular weight is 307 g/mol. The summed E-state index contributed by atoms with van der Waals surface area (Å²) in [5.74, 6) is 0.725. The summed E-state index contributed by atoms with van der Waals surface area (Å²) in [5.41, 5.74) is -0.141. The number of hydrogen-bond acceptors (Lipinski definition) is 3. The van der Waals surface area contributed by atoms with Crippen LogP contribution in [0.3, 0.4) is 0 Å². The largest absolute Gasteiger partial charge is 0.263 e. The van der Waals surface area contributed by atoms with Crippen LogP contribution < -0.4 is 4.72 Å². The molecule has 0 atom stereocenters. The molecule has 0 aromatic heterocycles. The lowest BCUT2D eigenvalue weighted by molar-refractivity contribution is 0.590. The number of fused-ring (bicyclic) bond motifs is 1. The summed E-state index contributed by atoms with van der Waals surface area (Å²) in [7, 11) is -3.51. The Bertz CT molecular complexity index is 595. The monoisotopic (exact) mass is 306 g/mol. The first-order chi connectivity index (χ1) is 8.42. The van der Waals surface area contributed by atoms with Gasteiger partial charge in [-0.3, -0.25) is 9.71 Å². The predicted molar refractivity (Wildman–Crippen MR) is 73.1 cm³/mol. The predicted octanol–water partition coefficient (Wildman–Crippen LogP) is 1.96. The lowest BCUT2D eigenvalue weighted by atomic mass is 10.1. The molecule has 0 saturated heterocycles. The second kappa shape index (κ2) is 4.72. The van der Waals surface area contributed by atoms with Crippen molar-refractivity contribution in [2.24, 2.45) is 4.99 Å². The minimum Gasteiger partial charge on any atom is -0.263 e. The van der Waals surface area contributed by atoms with Crippen molar-refractivity contribution >= 4 is 39.1 Å². The average Bonchev–Trinajstić information content (AvgIpc) is 2.61. The molecular formula is C11H12Cl2N2O2S. The minimum absolute atomic E-state index is 0.212. The van der Waals surface area contributed by atoms with Gasteiger partial charge in [0.1, 0.15) is 5.84 Å². The van der Waals surface area contributed by atoms with Crippen LogP contribution in [-0.4, -0.2) is 31.6 Å². The molecule has 1 aliphatic rings. The Morgan fingerprint density at radius 3 is 2.50 bits per heavy atom.